The van der Waals surface area contributed by atoms with Crippen LogP contribution in [0.5, 0.6) is 0 Å². The number of amides is 1. The van der Waals surface area contributed by atoms with Crippen LogP contribution < -0.4 is 11.1 Å². The minimum absolute atomic E-state index is 0.141. The molecule has 31 heavy (non-hydrogen) atoms. The number of hydrogen-bond acceptors (Lipinski definition) is 5. The van der Waals surface area contributed by atoms with Gasteiger partial charge in [-0.1, -0.05) is 6.07 Å². The zero-order valence-electron chi connectivity index (χ0n) is 17.9. The molecule has 3 N–H and O–H groups in total. The van der Waals surface area contributed by atoms with Gasteiger partial charge in [-0.05, 0) is 79.4 Å². The van der Waals surface area contributed by atoms with Gasteiger partial charge in [-0.25, -0.2) is 4.98 Å². The molecule has 4 rings (SSSR count). The lowest BCUT2D eigenvalue weighted by Gasteiger charge is -2.12. The van der Waals surface area contributed by atoms with E-state index >= 15 is 0 Å². The van der Waals surface area contributed by atoms with E-state index in [1.807, 2.05) is 44.3 Å². The van der Waals surface area contributed by atoms with Crippen LogP contribution in [0, 0.1) is 20.8 Å². The van der Waals surface area contributed by atoms with E-state index in [0.29, 0.717) is 24.3 Å². The Hall–Kier alpha value is -3.80. The van der Waals surface area contributed by atoms with Crippen LogP contribution in [-0.4, -0.2) is 20.9 Å². The molecule has 0 fully saturated rings. The molecule has 4 aromatic rings. The van der Waals surface area contributed by atoms with Gasteiger partial charge in [0.25, 0.3) is 5.91 Å². The number of anilines is 1. The minimum atomic E-state index is -0.141. The van der Waals surface area contributed by atoms with Gasteiger partial charge in [0.2, 0.25) is 0 Å². The number of nitrogen functional groups attached to an aromatic ring is 1. The Kier molecular flexibility index (Phi) is 5.62. The highest BCUT2D eigenvalue weighted by Crippen LogP contribution is 2.20. The number of hydrogen-bond donors (Lipinski definition) is 2. The van der Waals surface area contributed by atoms with Gasteiger partial charge in [0, 0.05) is 47.7 Å². The molecule has 0 saturated carbocycles. The Morgan fingerprint density at radius 2 is 1.77 bits per heavy atom. The molecule has 0 aliphatic rings. The first-order chi connectivity index (χ1) is 14.9. The molecule has 0 spiro atoms. The lowest BCUT2D eigenvalue weighted by atomic mass is 10.0. The average Bonchev–Trinajstić information content (AvgIpc) is 2.73. The maximum Gasteiger partial charge on any atom is 0.251 e. The van der Waals surface area contributed by atoms with E-state index in [-0.39, 0.29) is 5.91 Å². The van der Waals surface area contributed by atoms with Gasteiger partial charge in [-0.2, -0.15) is 0 Å². The summed E-state index contributed by atoms with van der Waals surface area (Å²) in [6.45, 7) is 6.35. The van der Waals surface area contributed by atoms with Crippen molar-refractivity contribution in [2.45, 2.75) is 33.7 Å². The Balaban J connectivity index is 1.49. The van der Waals surface area contributed by atoms with Crippen LogP contribution in [0.3, 0.4) is 0 Å². The number of fused-ring (bicyclic) bond motifs is 1. The molecule has 6 heteroatoms. The van der Waals surface area contributed by atoms with Gasteiger partial charge < -0.3 is 11.1 Å². The SMILES string of the molecule is Cc1cc(N)nc(C)c1CNC(=O)c1ccnc(Cc2ccc3nccc(C)c3c2)c1. The molecule has 0 aliphatic carbocycles. The second-order valence-corrected chi connectivity index (χ2v) is 7.80. The second kappa shape index (κ2) is 8.52. The Labute approximate surface area is 181 Å². The smallest absolute Gasteiger partial charge is 0.251 e. The summed E-state index contributed by atoms with van der Waals surface area (Å²) in [6.07, 6.45) is 4.15. The monoisotopic (exact) mass is 411 g/mol. The number of benzene rings is 1. The number of carbonyl (C=O) groups is 1. The fourth-order valence-electron chi connectivity index (χ4n) is 3.79. The molecular weight excluding hydrogens is 386 g/mol. The highest BCUT2D eigenvalue weighted by Gasteiger charge is 2.11. The number of carbonyl (C=O) groups excluding carboxylic acids is 1. The third-order valence-corrected chi connectivity index (χ3v) is 5.49. The van der Waals surface area contributed by atoms with Crippen molar-refractivity contribution in [3.05, 3.63) is 94.1 Å². The second-order valence-electron chi connectivity index (χ2n) is 7.80. The number of nitrogens with zero attached hydrogens (tertiary/aromatic N) is 3. The van der Waals surface area contributed by atoms with E-state index in [9.17, 15) is 4.79 Å². The first-order valence-electron chi connectivity index (χ1n) is 10.2. The van der Waals surface area contributed by atoms with E-state index in [0.717, 1.165) is 39.0 Å². The topological polar surface area (TPSA) is 93.8 Å². The quantitative estimate of drug-likeness (QED) is 0.517. The summed E-state index contributed by atoms with van der Waals surface area (Å²) in [7, 11) is 0. The molecule has 6 nitrogen and oxygen atoms in total. The molecule has 0 atom stereocenters. The first kappa shape index (κ1) is 20.5. The van der Waals surface area contributed by atoms with Crippen LogP contribution >= 0.6 is 0 Å². The van der Waals surface area contributed by atoms with Gasteiger partial charge in [0.15, 0.2) is 0 Å². The third-order valence-electron chi connectivity index (χ3n) is 5.49. The summed E-state index contributed by atoms with van der Waals surface area (Å²) < 4.78 is 0. The standard InChI is InChI=1S/C25H25N5O/c1-15-6-8-28-23-5-4-18(12-21(15)23)11-20-13-19(7-9-27-20)25(31)29-14-22-16(2)10-24(26)30-17(22)3/h4-10,12-13H,11,14H2,1-3H3,(H2,26,30)(H,29,31). The highest BCUT2D eigenvalue weighted by atomic mass is 16.1. The van der Waals surface area contributed by atoms with Crippen molar-refractivity contribution in [1.29, 1.82) is 0 Å². The van der Waals surface area contributed by atoms with Crippen molar-refractivity contribution in [2.75, 3.05) is 5.73 Å². The maximum atomic E-state index is 12.7. The first-order valence-corrected chi connectivity index (χ1v) is 10.2. The van der Waals surface area contributed by atoms with Crippen molar-refractivity contribution < 1.29 is 4.79 Å². The molecule has 0 unspecified atom stereocenters. The predicted molar refractivity (Wildman–Crippen MR) is 123 cm³/mol. The molecule has 3 heterocycles. The molecule has 0 aliphatic heterocycles. The lowest BCUT2D eigenvalue weighted by Crippen LogP contribution is -2.24. The fraction of sp³-hybridized carbons (Fsp3) is 0.200. The Bertz CT molecular complexity index is 1260. The van der Waals surface area contributed by atoms with E-state index < -0.39 is 0 Å². The Morgan fingerprint density at radius 1 is 0.968 bits per heavy atom. The number of nitrogens with one attached hydrogen (secondary N) is 1. The predicted octanol–water partition coefficient (Wildman–Crippen LogP) is 4.05. The average molecular weight is 412 g/mol. The molecule has 1 amide bonds. The van der Waals surface area contributed by atoms with Gasteiger partial charge in [-0.3, -0.25) is 14.8 Å². The number of aromatic nitrogens is 3. The van der Waals surface area contributed by atoms with Crippen LogP contribution in [0.15, 0.2) is 54.9 Å². The lowest BCUT2D eigenvalue weighted by molar-refractivity contribution is 0.0950. The van der Waals surface area contributed by atoms with Crippen LogP contribution in [0.4, 0.5) is 5.82 Å². The van der Waals surface area contributed by atoms with Crippen molar-refractivity contribution in [1.82, 2.24) is 20.3 Å². The zero-order valence-corrected chi connectivity index (χ0v) is 17.9. The molecule has 3 aromatic heterocycles. The van der Waals surface area contributed by atoms with Gasteiger partial charge >= 0.3 is 0 Å². The van der Waals surface area contributed by atoms with Crippen molar-refractivity contribution >= 4 is 22.6 Å². The van der Waals surface area contributed by atoms with Crippen LogP contribution in [0.1, 0.15) is 44.0 Å². The fourth-order valence-corrected chi connectivity index (χ4v) is 3.79. The van der Waals surface area contributed by atoms with Crippen LogP contribution in [-0.2, 0) is 13.0 Å². The summed E-state index contributed by atoms with van der Waals surface area (Å²) in [5.41, 5.74) is 13.3. The maximum absolute atomic E-state index is 12.7. The van der Waals surface area contributed by atoms with Gasteiger partial charge in [-0.15, -0.1) is 0 Å². The highest BCUT2D eigenvalue weighted by molar-refractivity contribution is 5.94. The number of rotatable bonds is 5. The van der Waals surface area contributed by atoms with Gasteiger partial charge in [0.1, 0.15) is 5.82 Å². The molecule has 0 radical (unpaired) electrons. The summed E-state index contributed by atoms with van der Waals surface area (Å²) >= 11 is 0. The van der Waals surface area contributed by atoms with Crippen LogP contribution in [0.25, 0.3) is 10.9 Å². The minimum Gasteiger partial charge on any atom is -0.384 e. The van der Waals surface area contributed by atoms with Gasteiger partial charge in [0.05, 0.1) is 5.52 Å². The summed E-state index contributed by atoms with van der Waals surface area (Å²) in [5.74, 6) is 0.348. The molecule has 156 valence electrons. The number of aryl methyl sites for hydroxylation is 3. The normalized spacial score (nSPS) is 10.9. The summed E-state index contributed by atoms with van der Waals surface area (Å²) in [4.78, 5) is 25.9. The van der Waals surface area contributed by atoms with E-state index in [2.05, 4.69) is 39.3 Å². The molecule has 1 aromatic carbocycles. The van der Waals surface area contributed by atoms with E-state index in [4.69, 9.17) is 5.73 Å². The largest absolute Gasteiger partial charge is 0.384 e. The number of pyridine rings is 3. The Morgan fingerprint density at radius 3 is 2.58 bits per heavy atom. The molecule has 0 bridgehead atoms. The third kappa shape index (κ3) is 4.53. The summed E-state index contributed by atoms with van der Waals surface area (Å²) in [5, 5.41) is 4.12. The van der Waals surface area contributed by atoms with Crippen molar-refractivity contribution in [3.8, 4) is 0 Å². The number of nitrogens with two attached hydrogens (primary N) is 1. The van der Waals surface area contributed by atoms with E-state index in [1.165, 1.54) is 5.56 Å². The van der Waals surface area contributed by atoms with Crippen molar-refractivity contribution in [3.63, 3.8) is 0 Å². The zero-order chi connectivity index (χ0) is 22.0. The molecular formula is C25H25N5O. The van der Waals surface area contributed by atoms with E-state index in [1.54, 1.807) is 12.3 Å². The van der Waals surface area contributed by atoms with Crippen LogP contribution in [0.2, 0.25) is 0 Å². The summed E-state index contributed by atoms with van der Waals surface area (Å²) in [6, 6.07) is 13.6. The molecule has 0 saturated heterocycles. The van der Waals surface area contributed by atoms with Crippen molar-refractivity contribution in [2.24, 2.45) is 0 Å².